The van der Waals surface area contributed by atoms with Crippen molar-refractivity contribution < 1.29 is 9.59 Å². The molecule has 1 heterocycles. The highest BCUT2D eigenvalue weighted by Crippen LogP contribution is 2.35. The average Bonchev–Trinajstić information content (AvgIpc) is 3.11. The second kappa shape index (κ2) is 7.31. The third-order valence-corrected chi connectivity index (χ3v) is 5.11. The van der Waals surface area contributed by atoms with Gasteiger partial charge >= 0.3 is 0 Å². The molecule has 4 heteroatoms. The van der Waals surface area contributed by atoms with Crippen LogP contribution in [0.5, 0.6) is 0 Å². The molecule has 0 bridgehead atoms. The van der Waals surface area contributed by atoms with Gasteiger partial charge < -0.3 is 10.6 Å². The van der Waals surface area contributed by atoms with E-state index in [9.17, 15) is 9.59 Å². The van der Waals surface area contributed by atoms with Gasteiger partial charge in [0.05, 0.1) is 11.3 Å². The van der Waals surface area contributed by atoms with Crippen LogP contribution in [0.2, 0.25) is 0 Å². The molecule has 4 rings (SSSR count). The van der Waals surface area contributed by atoms with Gasteiger partial charge in [0, 0.05) is 12.1 Å². The molecule has 0 saturated heterocycles. The molecule has 4 nitrogen and oxygen atoms in total. The van der Waals surface area contributed by atoms with Crippen LogP contribution in [0.4, 0.5) is 5.69 Å². The van der Waals surface area contributed by atoms with E-state index >= 15 is 0 Å². The molecule has 0 saturated carbocycles. The van der Waals surface area contributed by atoms with Crippen LogP contribution >= 0.6 is 0 Å². The summed E-state index contributed by atoms with van der Waals surface area (Å²) < 4.78 is 0. The minimum atomic E-state index is -0.225. The fraction of sp³-hybridized carbons (Fsp3) is 0.167. The molecule has 0 radical (unpaired) electrons. The predicted octanol–water partition coefficient (Wildman–Crippen LogP) is 4.97. The molecule has 0 aromatic heterocycles. The number of carbonyl (C=O) groups is 2. The van der Waals surface area contributed by atoms with Crippen molar-refractivity contribution >= 4 is 17.5 Å². The molecule has 1 aliphatic rings. The van der Waals surface area contributed by atoms with Gasteiger partial charge in [0.25, 0.3) is 11.8 Å². The van der Waals surface area contributed by atoms with Gasteiger partial charge in [0.1, 0.15) is 0 Å². The smallest absolute Gasteiger partial charge is 0.255 e. The number of benzene rings is 3. The van der Waals surface area contributed by atoms with E-state index in [1.807, 2.05) is 36.4 Å². The first-order valence-corrected chi connectivity index (χ1v) is 9.45. The fourth-order valence-corrected chi connectivity index (χ4v) is 3.57. The number of amides is 2. The highest BCUT2D eigenvalue weighted by molar-refractivity contribution is 6.11. The largest absolute Gasteiger partial charge is 0.348 e. The van der Waals surface area contributed by atoms with Crippen molar-refractivity contribution in [3.05, 3.63) is 89.0 Å². The minimum Gasteiger partial charge on any atom is -0.348 e. The standard InChI is InChI=1S/C24H22N2O2/c1-15(2)17-9-6-10-18(13-17)19-11-12-21(22-20(19)14-25-24(22)28)26-23(27)16-7-4-3-5-8-16/h3-13,15H,14H2,1-2H3,(H,25,28)(H,26,27). The summed E-state index contributed by atoms with van der Waals surface area (Å²) in [7, 11) is 0. The van der Waals surface area contributed by atoms with E-state index in [4.69, 9.17) is 0 Å². The van der Waals surface area contributed by atoms with Crippen molar-refractivity contribution in [1.82, 2.24) is 5.32 Å². The van der Waals surface area contributed by atoms with E-state index in [-0.39, 0.29) is 11.8 Å². The zero-order valence-electron chi connectivity index (χ0n) is 16.0. The molecule has 0 fully saturated rings. The maximum atomic E-state index is 12.6. The molecule has 0 aliphatic carbocycles. The van der Waals surface area contributed by atoms with Gasteiger partial charge in [-0.25, -0.2) is 0 Å². The van der Waals surface area contributed by atoms with Crippen LogP contribution in [-0.2, 0) is 6.54 Å². The van der Waals surface area contributed by atoms with Crippen LogP contribution in [0, 0.1) is 0 Å². The lowest BCUT2D eigenvalue weighted by Crippen LogP contribution is -2.17. The van der Waals surface area contributed by atoms with Crippen molar-refractivity contribution in [3.63, 3.8) is 0 Å². The van der Waals surface area contributed by atoms with E-state index in [0.717, 1.165) is 16.7 Å². The maximum absolute atomic E-state index is 12.6. The molecule has 28 heavy (non-hydrogen) atoms. The molecule has 2 N–H and O–H groups in total. The molecular weight excluding hydrogens is 348 g/mol. The molecule has 2 amide bonds. The monoisotopic (exact) mass is 370 g/mol. The lowest BCUT2D eigenvalue weighted by molar-refractivity contribution is 0.0966. The summed E-state index contributed by atoms with van der Waals surface area (Å²) in [6.45, 7) is 4.79. The summed E-state index contributed by atoms with van der Waals surface area (Å²) in [4.78, 5) is 25.1. The Kier molecular flexibility index (Phi) is 4.70. The first-order valence-electron chi connectivity index (χ1n) is 9.45. The van der Waals surface area contributed by atoms with Gasteiger partial charge in [-0.05, 0) is 46.4 Å². The van der Waals surface area contributed by atoms with Gasteiger partial charge in [0.15, 0.2) is 0 Å². The molecular formula is C24H22N2O2. The van der Waals surface area contributed by atoms with E-state index in [0.29, 0.717) is 29.3 Å². The topological polar surface area (TPSA) is 58.2 Å². The van der Waals surface area contributed by atoms with Gasteiger partial charge in [-0.15, -0.1) is 0 Å². The molecule has 3 aromatic rings. The van der Waals surface area contributed by atoms with Gasteiger partial charge in [-0.2, -0.15) is 0 Å². The third kappa shape index (κ3) is 3.29. The Morgan fingerprint density at radius 1 is 1.00 bits per heavy atom. The predicted molar refractivity (Wildman–Crippen MR) is 112 cm³/mol. The zero-order valence-corrected chi connectivity index (χ0v) is 16.0. The van der Waals surface area contributed by atoms with Crippen LogP contribution in [0.15, 0.2) is 66.7 Å². The minimum absolute atomic E-state index is 0.153. The number of anilines is 1. The van der Waals surface area contributed by atoms with Crippen LogP contribution in [0.1, 0.15) is 51.6 Å². The van der Waals surface area contributed by atoms with Gasteiger partial charge in [-0.1, -0.05) is 62.4 Å². The third-order valence-electron chi connectivity index (χ3n) is 5.11. The Labute approximate surface area is 164 Å². The first-order chi connectivity index (χ1) is 13.5. The average molecular weight is 370 g/mol. The Morgan fingerprint density at radius 2 is 1.79 bits per heavy atom. The van der Waals surface area contributed by atoms with Crippen LogP contribution in [0.3, 0.4) is 0 Å². The second-order valence-electron chi connectivity index (χ2n) is 7.30. The summed E-state index contributed by atoms with van der Waals surface area (Å²) in [5.41, 5.74) is 5.94. The molecule has 0 spiro atoms. The number of hydrogen-bond donors (Lipinski definition) is 2. The number of fused-ring (bicyclic) bond motifs is 1. The number of rotatable bonds is 4. The molecule has 140 valence electrons. The molecule has 0 atom stereocenters. The second-order valence-corrected chi connectivity index (χ2v) is 7.30. The Hall–Kier alpha value is -3.40. The molecule has 0 unspecified atom stereocenters. The first kappa shape index (κ1) is 18.0. The highest BCUT2D eigenvalue weighted by atomic mass is 16.2. The van der Waals surface area contributed by atoms with Crippen molar-refractivity contribution in [2.24, 2.45) is 0 Å². The molecule has 1 aliphatic heterocycles. The van der Waals surface area contributed by atoms with E-state index in [1.54, 1.807) is 12.1 Å². The highest BCUT2D eigenvalue weighted by Gasteiger charge is 2.27. The zero-order chi connectivity index (χ0) is 19.7. The Bertz CT molecular complexity index is 1060. The van der Waals surface area contributed by atoms with E-state index in [1.165, 1.54) is 5.56 Å². The fourth-order valence-electron chi connectivity index (χ4n) is 3.57. The van der Waals surface area contributed by atoms with Crippen LogP contribution in [0.25, 0.3) is 11.1 Å². The number of carbonyl (C=O) groups excluding carboxylic acids is 2. The number of nitrogens with one attached hydrogen (secondary N) is 2. The van der Waals surface area contributed by atoms with Crippen LogP contribution in [-0.4, -0.2) is 11.8 Å². The van der Waals surface area contributed by atoms with Gasteiger partial charge in [-0.3, -0.25) is 9.59 Å². The summed E-state index contributed by atoms with van der Waals surface area (Å²) in [5.74, 6) is 0.0504. The quantitative estimate of drug-likeness (QED) is 0.681. The maximum Gasteiger partial charge on any atom is 0.255 e. The van der Waals surface area contributed by atoms with Gasteiger partial charge in [0.2, 0.25) is 0 Å². The normalized spacial score (nSPS) is 12.6. The van der Waals surface area contributed by atoms with Crippen molar-refractivity contribution in [3.8, 4) is 11.1 Å². The Morgan fingerprint density at radius 3 is 2.54 bits per heavy atom. The SMILES string of the molecule is CC(C)c1cccc(-c2ccc(NC(=O)c3ccccc3)c3c2CNC3=O)c1. The summed E-state index contributed by atoms with van der Waals surface area (Å²) in [6, 6.07) is 21.2. The van der Waals surface area contributed by atoms with E-state index in [2.05, 4.69) is 42.7 Å². The van der Waals surface area contributed by atoms with Crippen LogP contribution < -0.4 is 10.6 Å². The Balaban J connectivity index is 1.74. The van der Waals surface area contributed by atoms with Crippen molar-refractivity contribution in [2.45, 2.75) is 26.3 Å². The summed E-state index contributed by atoms with van der Waals surface area (Å²) >= 11 is 0. The van der Waals surface area contributed by atoms with Crippen molar-refractivity contribution in [1.29, 1.82) is 0 Å². The summed E-state index contributed by atoms with van der Waals surface area (Å²) in [5, 5.41) is 5.79. The lowest BCUT2D eigenvalue weighted by atomic mass is 9.92. The van der Waals surface area contributed by atoms with Crippen molar-refractivity contribution in [2.75, 3.05) is 5.32 Å². The molecule has 3 aromatic carbocycles. The number of hydrogen-bond acceptors (Lipinski definition) is 2. The summed E-state index contributed by atoms with van der Waals surface area (Å²) in [6.07, 6.45) is 0. The lowest BCUT2D eigenvalue weighted by Gasteiger charge is -2.14. The van der Waals surface area contributed by atoms with E-state index < -0.39 is 0 Å².